The molecule has 19 heavy (non-hydrogen) atoms. The predicted octanol–water partition coefficient (Wildman–Crippen LogP) is 1.80. The first-order chi connectivity index (χ1) is 9.38. The Morgan fingerprint density at radius 1 is 1.16 bits per heavy atom. The van der Waals surface area contributed by atoms with Crippen LogP contribution in [-0.4, -0.2) is 53.7 Å². The normalized spacial score (nSPS) is 17.8. The highest BCUT2D eigenvalue weighted by atomic mass is 32.1. The topological polar surface area (TPSA) is 39.6 Å². The van der Waals surface area contributed by atoms with Crippen molar-refractivity contribution in [2.45, 2.75) is 6.42 Å². The van der Waals surface area contributed by atoms with Crippen molar-refractivity contribution in [2.75, 3.05) is 44.2 Å². The van der Waals surface area contributed by atoms with Crippen LogP contribution in [0.15, 0.2) is 24.3 Å². The van der Waals surface area contributed by atoms with Gasteiger partial charge in [0.2, 0.25) is 0 Å². The van der Waals surface area contributed by atoms with Gasteiger partial charge in [-0.25, -0.2) is 0 Å². The molecule has 1 aromatic heterocycles. The molecule has 102 valence electrons. The van der Waals surface area contributed by atoms with Crippen LogP contribution in [0, 0.1) is 0 Å². The molecule has 1 N–H and O–H groups in total. The van der Waals surface area contributed by atoms with E-state index in [2.05, 4.69) is 32.4 Å². The minimum Gasteiger partial charge on any atom is -0.395 e. The molecule has 1 aromatic carbocycles. The quantitative estimate of drug-likeness (QED) is 0.928. The summed E-state index contributed by atoms with van der Waals surface area (Å²) >= 11 is 1.60. The highest BCUT2D eigenvalue weighted by Gasteiger charge is 2.18. The lowest BCUT2D eigenvalue weighted by molar-refractivity contribution is 0.204. The Kier molecular flexibility index (Phi) is 3.96. The molecule has 0 bridgehead atoms. The molecule has 0 amide bonds. The number of aliphatic hydroxyl groups is 1. The highest BCUT2D eigenvalue weighted by Crippen LogP contribution is 2.31. The number of nitrogens with zero attached hydrogens (tertiary/aromatic N) is 3. The molecule has 2 heterocycles. The maximum absolute atomic E-state index is 9.04. The fourth-order valence-corrected chi connectivity index (χ4v) is 3.56. The number of aliphatic hydroxyl groups excluding tert-OH is 1. The SMILES string of the molecule is OCCN1CCCN(c2snc3ccccc23)CC1. The largest absolute Gasteiger partial charge is 0.395 e. The van der Waals surface area contributed by atoms with E-state index in [4.69, 9.17) is 5.11 Å². The van der Waals surface area contributed by atoms with Crippen LogP contribution in [0.25, 0.3) is 10.9 Å². The molecule has 1 aliphatic heterocycles. The molecule has 4 nitrogen and oxygen atoms in total. The summed E-state index contributed by atoms with van der Waals surface area (Å²) in [4.78, 5) is 4.78. The van der Waals surface area contributed by atoms with Gasteiger partial charge in [-0.2, -0.15) is 4.37 Å². The van der Waals surface area contributed by atoms with Crippen LogP contribution in [0.4, 0.5) is 5.00 Å². The average molecular weight is 277 g/mol. The zero-order valence-corrected chi connectivity index (χ0v) is 11.8. The molecule has 1 aliphatic rings. The lowest BCUT2D eigenvalue weighted by atomic mass is 10.2. The Labute approximate surface area is 117 Å². The van der Waals surface area contributed by atoms with Gasteiger partial charge in [0.25, 0.3) is 0 Å². The van der Waals surface area contributed by atoms with Gasteiger partial charge in [0, 0.05) is 31.6 Å². The van der Waals surface area contributed by atoms with Gasteiger partial charge in [-0.3, -0.25) is 4.90 Å². The third-order valence-corrected chi connectivity index (χ3v) is 4.60. The minimum absolute atomic E-state index is 0.253. The third-order valence-electron chi connectivity index (χ3n) is 3.66. The van der Waals surface area contributed by atoms with Gasteiger partial charge in [-0.15, -0.1) is 0 Å². The third kappa shape index (κ3) is 2.73. The Morgan fingerprint density at radius 2 is 2.05 bits per heavy atom. The van der Waals surface area contributed by atoms with Gasteiger partial charge < -0.3 is 10.0 Å². The van der Waals surface area contributed by atoms with Gasteiger partial charge in [0.1, 0.15) is 5.00 Å². The minimum atomic E-state index is 0.253. The smallest absolute Gasteiger partial charge is 0.120 e. The first-order valence-electron chi connectivity index (χ1n) is 6.81. The summed E-state index contributed by atoms with van der Waals surface area (Å²) in [5, 5.41) is 11.6. The molecule has 0 unspecified atom stereocenters. The second-order valence-electron chi connectivity index (χ2n) is 4.91. The molecule has 3 rings (SSSR count). The summed E-state index contributed by atoms with van der Waals surface area (Å²) in [6.45, 7) is 5.24. The maximum Gasteiger partial charge on any atom is 0.120 e. The zero-order valence-electron chi connectivity index (χ0n) is 11.0. The van der Waals surface area contributed by atoms with E-state index < -0.39 is 0 Å². The molecule has 0 aliphatic carbocycles. The summed E-state index contributed by atoms with van der Waals surface area (Å²) < 4.78 is 4.53. The average Bonchev–Trinajstić information content (AvgIpc) is 2.73. The van der Waals surface area contributed by atoms with E-state index in [-0.39, 0.29) is 6.61 Å². The molecular formula is C14H19N3OS. The lowest BCUT2D eigenvalue weighted by Crippen LogP contribution is -2.32. The van der Waals surface area contributed by atoms with E-state index in [1.165, 1.54) is 10.4 Å². The van der Waals surface area contributed by atoms with E-state index in [9.17, 15) is 0 Å². The van der Waals surface area contributed by atoms with Crippen LogP contribution in [0.2, 0.25) is 0 Å². The van der Waals surface area contributed by atoms with E-state index in [1.54, 1.807) is 11.5 Å². The summed E-state index contributed by atoms with van der Waals surface area (Å²) in [7, 11) is 0. The molecule has 1 saturated heterocycles. The van der Waals surface area contributed by atoms with Crippen LogP contribution in [0.1, 0.15) is 6.42 Å². The summed E-state index contributed by atoms with van der Waals surface area (Å²) in [5.41, 5.74) is 1.10. The number of anilines is 1. The van der Waals surface area contributed by atoms with E-state index in [0.29, 0.717) is 0 Å². The van der Waals surface area contributed by atoms with Crippen LogP contribution in [-0.2, 0) is 0 Å². The Bertz CT molecular complexity index is 542. The van der Waals surface area contributed by atoms with Gasteiger partial charge in [0.15, 0.2) is 0 Å². The van der Waals surface area contributed by atoms with E-state index in [0.717, 1.165) is 44.7 Å². The van der Waals surface area contributed by atoms with Crippen molar-refractivity contribution in [3.63, 3.8) is 0 Å². The number of hydrogen-bond donors (Lipinski definition) is 1. The summed E-state index contributed by atoms with van der Waals surface area (Å²) in [5.74, 6) is 0. The van der Waals surface area contributed by atoms with Gasteiger partial charge >= 0.3 is 0 Å². The van der Waals surface area contributed by atoms with E-state index >= 15 is 0 Å². The fourth-order valence-electron chi connectivity index (χ4n) is 2.64. The number of fused-ring (bicyclic) bond motifs is 1. The fraction of sp³-hybridized carbons (Fsp3) is 0.500. The second-order valence-corrected chi connectivity index (χ2v) is 5.66. The maximum atomic E-state index is 9.04. The molecule has 0 atom stereocenters. The summed E-state index contributed by atoms with van der Waals surface area (Å²) in [6, 6.07) is 8.35. The number of rotatable bonds is 3. The van der Waals surface area contributed by atoms with Gasteiger partial charge in [-0.05, 0) is 36.6 Å². The molecule has 0 radical (unpaired) electrons. The van der Waals surface area contributed by atoms with Crippen LogP contribution >= 0.6 is 11.5 Å². The Morgan fingerprint density at radius 3 is 2.95 bits per heavy atom. The second kappa shape index (κ2) is 5.86. The van der Waals surface area contributed by atoms with Crippen molar-refractivity contribution in [1.29, 1.82) is 0 Å². The molecule has 1 fully saturated rings. The monoisotopic (exact) mass is 277 g/mol. The van der Waals surface area contributed by atoms with Gasteiger partial charge in [0.05, 0.1) is 12.1 Å². The first kappa shape index (κ1) is 12.8. The standard InChI is InChI=1S/C14H19N3OS/c18-11-10-16-6-3-7-17(9-8-16)14-12-4-1-2-5-13(12)15-19-14/h1-2,4-5,18H,3,6-11H2. The highest BCUT2D eigenvalue weighted by molar-refractivity contribution is 7.11. The Hall–Kier alpha value is -1.17. The van der Waals surface area contributed by atoms with Crippen LogP contribution < -0.4 is 4.90 Å². The predicted molar refractivity (Wildman–Crippen MR) is 80.0 cm³/mol. The van der Waals surface area contributed by atoms with Crippen molar-refractivity contribution in [3.05, 3.63) is 24.3 Å². The lowest BCUT2D eigenvalue weighted by Gasteiger charge is -2.21. The number of aromatic nitrogens is 1. The Balaban J connectivity index is 1.78. The number of hydrogen-bond acceptors (Lipinski definition) is 5. The summed E-state index contributed by atoms with van der Waals surface area (Å²) in [6.07, 6.45) is 1.15. The van der Waals surface area contributed by atoms with Crippen molar-refractivity contribution in [3.8, 4) is 0 Å². The zero-order chi connectivity index (χ0) is 13.1. The van der Waals surface area contributed by atoms with Gasteiger partial charge in [-0.1, -0.05) is 12.1 Å². The molecule has 0 spiro atoms. The van der Waals surface area contributed by atoms with Crippen LogP contribution in [0.3, 0.4) is 0 Å². The number of benzene rings is 1. The molecule has 5 heteroatoms. The van der Waals surface area contributed by atoms with Crippen molar-refractivity contribution >= 4 is 27.4 Å². The van der Waals surface area contributed by atoms with Crippen molar-refractivity contribution < 1.29 is 5.11 Å². The van der Waals surface area contributed by atoms with E-state index in [1.807, 2.05) is 6.07 Å². The first-order valence-corrected chi connectivity index (χ1v) is 7.58. The molecule has 2 aromatic rings. The molecule has 0 saturated carbocycles. The number of β-amino-alcohol motifs (C(OH)–C–C–N with tert-alkyl or cyclic N) is 1. The van der Waals surface area contributed by atoms with Crippen LogP contribution in [0.5, 0.6) is 0 Å². The van der Waals surface area contributed by atoms with Crippen molar-refractivity contribution in [1.82, 2.24) is 9.27 Å². The molecular weight excluding hydrogens is 258 g/mol. The van der Waals surface area contributed by atoms with Crippen molar-refractivity contribution in [2.24, 2.45) is 0 Å².